The van der Waals surface area contributed by atoms with Crippen molar-refractivity contribution in [3.63, 3.8) is 0 Å². The standard InChI is InChI=1S/C11H11FN2O3/c1-2-6-13-11(17)14-8-5-3-4-7(12)9(8)10(15)16/h2-5H,1,6H2,(H,15,16)(H2,13,14,17). The van der Waals surface area contributed by atoms with E-state index in [2.05, 4.69) is 17.2 Å². The van der Waals surface area contributed by atoms with Gasteiger partial charge in [-0.1, -0.05) is 12.1 Å². The summed E-state index contributed by atoms with van der Waals surface area (Å²) in [5, 5.41) is 13.4. The summed E-state index contributed by atoms with van der Waals surface area (Å²) in [5.41, 5.74) is -0.666. The number of carbonyl (C=O) groups is 2. The number of carbonyl (C=O) groups excluding carboxylic acids is 1. The molecule has 3 N–H and O–H groups in total. The number of rotatable bonds is 4. The molecule has 0 heterocycles. The average Bonchev–Trinajstić information content (AvgIpc) is 2.25. The highest BCUT2D eigenvalue weighted by atomic mass is 19.1. The summed E-state index contributed by atoms with van der Waals surface area (Å²) in [4.78, 5) is 22.1. The Balaban J connectivity index is 2.91. The lowest BCUT2D eigenvalue weighted by Gasteiger charge is -2.09. The molecule has 0 spiro atoms. The van der Waals surface area contributed by atoms with Crippen molar-refractivity contribution in [3.05, 3.63) is 42.2 Å². The Bertz CT molecular complexity index is 460. The quantitative estimate of drug-likeness (QED) is 0.700. The second kappa shape index (κ2) is 5.64. The van der Waals surface area contributed by atoms with Gasteiger partial charge in [0, 0.05) is 6.54 Å². The van der Waals surface area contributed by atoms with Crippen molar-refractivity contribution in [1.29, 1.82) is 0 Å². The van der Waals surface area contributed by atoms with E-state index in [1.165, 1.54) is 18.2 Å². The maximum absolute atomic E-state index is 13.2. The number of nitrogens with one attached hydrogen (secondary N) is 2. The zero-order chi connectivity index (χ0) is 12.8. The maximum Gasteiger partial charge on any atom is 0.340 e. The third kappa shape index (κ3) is 3.30. The first-order valence-electron chi connectivity index (χ1n) is 4.73. The number of aromatic carboxylic acids is 1. The molecule has 0 saturated carbocycles. The molecule has 5 nitrogen and oxygen atoms in total. The van der Waals surface area contributed by atoms with Crippen LogP contribution in [0.4, 0.5) is 14.9 Å². The van der Waals surface area contributed by atoms with E-state index in [1.54, 1.807) is 0 Å². The van der Waals surface area contributed by atoms with E-state index in [-0.39, 0.29) is 12.2 Å². The minimum Gasteiger partial charge on any atom is -0.478 e. The largest absolute Gasteiger partial charge is 0.478 e. The molecule has 1 aromatic carbocycles. The van der Waals surface area contributed by atoms with Crippen molar-refractivity contribution in [3.8, 4) is 0 Å². The van der Waals surface area contributed by atoms with Crippen molar-refractivity contribution in [2.24, 2.45) is 0 Å². The van der Waals surface area contributed by atoms with Gasteiger partial charge in [0.2, 0.25) is 0 Å². The number of carboxylic acid groups (broad SMARTS) is 1. The molecule has 2 amide bonds. The second-order valence-corrected chi connectivity index (χ2v) is 3.09. The van der Waals surface area contributed by atoms with E-state index >= 15 is 0 Å². The van der Waals surface area contributed by atoms with Crippen LogP contribution in [0.5, 0.6) is 0 Å². The third-order valence-corrected chi connectivity index (χ3v) is 1.88. The molecular formula is C11H11FN2O3. The van der Waals surface area contributed by atoms with Crippen molar-refractivity contribution >= 4 is 17.7 Å². The number of anilines is 1. The fourth-order valence-electron chi connectivity index (χ4n) is 1.18. The molecule has 17 heavy (non-hydrogen) atoms. The van der Waals surface area contributed by atoms with Gasteiger partial charge in [0.05, 0.1) is 5.69 Å². The summed E-state index contributed by atoms with van der Waals surface area (Å²) in [5.74, 6) is -2.35. The van der Waals surface area contributed by atoms with Gasteiger partial charge < -0.3 is 15.7 Å². The summed E-state index contributed by atoms with van der Waals surface area (Å²) in [6.45, 7) is 3.63. The Morgan fingerprint density at radius 2 is 2.18 bits per heavy atom. The first-order chi connectivity index (χ1) is 8.06. The van der Waals surface area contributed by atoms with Gasteiger partial charge in [-0.2, -0.15) is 0 Å². The number of amides is 2. The van der Waals surface area contributed by atoms with Gasteiger partial charge >= 0.3 is 12.0 Å². The van der Waals surface area contributed by atoms with Crippen molar-refractivity contribution < 1.29 is 19.1 Å². The molecule has 90 valence electrons. The predicted molar refractivity (Wildman–Crippen MR) is 60.6 cm³/mol. The molecule has 0 aliphatic carbocycles. The predicted octanol–water partition coefficient (Wildman–Crippen LogP) is 1.83. The van der Waals surface area contributed by atoms with Crippen LogP contribution in [0.1, 0.15) is 10.4 Å². The van der Waals surface area contributed by atoms with Gasteiger partial charge in [0.1, 0.15) is 11.4 Å². The first-order valence-corrected chi connectivity index (χ1v) is 4.73. The van der Waals surface area contributed by atoms with E-state index in [9.17, 15) is 14.0 Å². The fraction of sp³-hybridized carbons (Fsp3) is 0.0909. The maximum atomic E-state index is 13.2. The van der Waals surface area contributed by atoms with Crippen LogP contribution >= 0.6 is 0 Å². The zero-order valence-electron chi connectivity index (χ0n) is 8.87. The van der Waals surface area contributed by atoms with Gasteiger partial charge in [-0.15, -0.1) is 6.58 Å². The molecule has 0 aromatic heterocycles. The number of hydrogen-bond acceptors (Lipinski definition) is 2. The Kier molecular flexibility index (Phi) is 4.21. The minimum absolute atomic E-state index is 0.0981. The van der Waals surface area contributed by atoms with Crippen LogP contribution in [0.25, 0.3) is 0 Å². The van der Waals surface area contributed by atoms with Crippen molar-refractivity contribution in [1.82, 2.24) is 5.32 Å². The summed E-state index contributed by atoms with van der Waals surface area (Å²) >= 11 is 0. The van der Waals surface area contributed by atoms with Crippen molar-refractivity contribution in [2.45, 2.75) is 0 Å². The molecule has 0 bridgehead atoms. The van der Waals surface area contributed by atoms with Gasteiger partial charge in [0.15, 0.2) is 0 Å². The number of hydrogen-bond donors (Lipinski definition) is 3. The summed E-state index contributed by atoms with van der Waals surface area (Å²) < 4.78 is 13.2. The summed E-state index contributed by atoms with van der Waals surface area (Å²) in [6.07, 6.45) is 1.46. The van der Waals surface area contributed by atoms with E-state index in [0.29, 0.717) is 0 Å². The minimum atomic E-state index is -1.44. The van der Waals surface area contributed by atoms with Crippen LogP contribution in [-0.2, 0) is 0 Å². The molecule has 0 atom stereocenters. The highest BCUT2D eigenvalue weighted by Crippen LogP contribution is 2.18. The van der Waals surface area contributed by atoms with Crippen LogP contribution in [0.15, 0.2) is 30.9 Å². The first kappa shape index (κ1) is 12.7. The Labute approximate surface area is 96.9 Å². The normalized spacial score (nSPS) is 9.47. The molecule has 1 aromatic rings. The molecular weight excluding hydrogens is 227 g/mol. The molecule has 0 fully saturated rings. The van der Waals surface area contributed by atoms with Gasteiger partial charge in [-0.3, -0.25) is 0 Å². The molecule has 0 aliphatic heterocycles. The summed E-state index contributed by atoms with van der Waals surface area (Å²) in [6, 6.07) is 3.00. The van der Waals surface area contributed by atoms with Crippen LogP contribution in [0, 0.1) is 5.82 Å². The van der Waals surface area contributed by atoms with Gasteiger partial charge in [-0.25, -0.2) is 14.0 Å². The zero-order valence-corrected chi connectivity index (χ0v) is 8.87. The molecule has 0 aliphatic rings. The van der Waals surface area contributed by atoms with E-state index in [4.69, 9.17) is 5.11 Å². The lowest BCUT2D eigenvalue weighted by atomic mass is 10.1. The molecule has 0 saturated heterocycles. The molecule has 0 radical (unpaired) electrons. The Hall–Kier alpha value is -2.37. The monoisotopic (exact) mass is 238 g/mol. The Morgan fingerprint density at radius 3 is 2.76 bits per heavy atom. The third-order valence-electron chi connectivity index (χ3n) is 1.88. The van der Waals surface area contributed by atoms with Crippen molar-refractivity contribution in [2.75, 3.05) is 11.9 Å². The number of urea groups is 1. The second-order valence-electron chi connectivity index (χ2n) is 3.09. The number of halogens is 1. The van der Waals surface area contributed by atoms with Crippen LogP contribution in [-0.4, -0.2) is 23.7 Å². The van der Waals surface area contributed by atoms with Gasteiger partial charge in [0.25, 0.3) is 0 Å². The van der Waals surface area contributed by atoms with Crippen LogP contribution < -0.4 is 10.6 Å². The van der Waals surface area contributed by atoms with Crippen LogP contribution in [0.2, 0.25) is 0 Å². The number of benzene rings is 1. The highest BCUT2D eigenvalue weighted by Gasteiger charge is 2.16. The molecule has 0 unspecified atom stereocenters. The van der Waals surface area contributed by atoms with E-state index in [0.717, 1.165) is 6.07 Å². The fourth-order valence-corrected chi connectivity index (χ4v) is 1.18. The smallest absolute Gasteiger partial charge is 0.340 e. The highest BCUT2D eigenvalue weighted by molar-refractivity contribution is 6.00. The molecule has 1 rings (SSSR count). The summed E-state index contributed by atoms with van der Waals surface area (Å²) in [7, 11) is 0. The lowest BCUT2D eigenvalue weighted by molar-refractivity contribution is 0.0693. The van der Waals surface area contributed by atoms with Gasteiger partial charge in [-0.05, 0) is 12.1 Å². The molecule has 6 heteroatoms. The topological polar surface area (TPSA) is 78.4 Å². The SMILES string of the molecule is C=CCNC(=O)Nc1cccc(F)c1C(=O)O. The Morgan fingerprint density at radius 1 is 1.47 bits per heavy atom. The number of carboxylic acids is 1. The average molecular weight is 238 g/mol. The van der Waals surface area contributed by atoms with E-state index in [1.807, 2.05) is 0 Å². The van der Waals surface area contributed by atoms with E-state index < -0.39 is 23.4 Å². The lowest BCUT2D eigenvalue weighted by Crippen LogP contribution is -2.29. The van der Waals surface area contributed by atoms with Crippen LogP contribution in [0.3, 0.4) is 0 Å².